The maximum atomic E-state index is 12.5. The minimum absolute atomic E-state index is 0.0108. The molecule has 0 saturated heterocycles. The topological polar surface area (TPSA) is 125 Å². The highest BCUT2D eigenvalue weighted by molar-refractivity contribution is 8.19. The summed E-state index contributed by atoms with van der Waals surface area (Å²) in [5.74, 6) is 1.48. The zero-order valence-electron chi connectivity index (χ0n) is 16.6. The summed E-state index contributed by atoms with van der Waals surface area (Å²) in [5.41, 5.74) is 0.584. The van der Waals surface area contributed by atoms with E-state index in [1.165, 1.54) is 30.0 Å². The number of nitrogens with zero attached hydrogens (tertiary/aromatic N) is 4. The van der Waals surface area contributed by atoms with Gasteiger partial charge in [-0.2, -0.15) is 9.39 Å². The number of non-ortho nitro benzene ring substituents is 1. The van der Waals surface area contributed by atoms with E-state index in [2.05, 4.69) is 23.2 Å². The van der Waals surface area contributed by atoms with Crippen molar-refractivity contribution in [3.05, 3.63) is 57.8 Å². The standard InChI is InChI=1S/C20H17N5O4S2/c1-11(2)10-30-20-23-31-19-22-18(26)15(17(21)24(19)20)9-14-6-7-16(29-14)12-4-3-5-13(8-12)25(27)28/h3-9,11,21H,10H2,1-2H3/b15-9-,21-17?. The van der Waals surface area contributed by atoms with Gasteiger partial charge >= 0.3 is 0 Å². The maximum absolute atomic E-state index is 12.5. The van der Waals surface area contributed by atoms with E-state index >= 15 is 0 Å². The number of nitrogens with one attached hydrogen (secondary N) is 1. The van der Waals surface area contributed by atoms with Crippen molar-refractivity contribution in [2.45, 2.75) is 13.8 Å². The first-order valence-corrected chi connectivity index (χ1v) is 11.1. The molecule has 0 fully saturated rings. The summed E-state index contributed by atoms with van der Waals surface area (Å²) in [6.07, 6.45) is 1.46. The molecule has 1 N–H and O–H groups in total. The molecular weight excluding hydrogens is 438 g/mol. The zero-order chi connectivity index (χ0) is 22.1. The van der Waals surface area contributed by atoms with Crippen LogP contribution in [0.5, 0.6) is 0 Å². The second kappa shape index (κ2) is 8.52. The molecule has 0 atom stereocenters. The molecule has 0 radical (unpaired) electrons. The number of rotatable bonds is 5. The van der Waals surface area contributed by atoms with Crippen LogP contribution in [-0.2, 0) is 4.79 Å². The Hall–Kier alpha value is -3.18. The first kappa shape index (κ1) is 21.1. The fourth-order valence-corrected chi connectivity index (χ4v) is 4.63. The van der Waals surface area contributed by atoms with Crippen molar-refractivity contribution < 1.29 is 14.1 Å². The minimum Gasteiger partial charge on any atom is -0.457 e. The molecule has 9 nitrogen and oxygen atoms in total. The monoisotopic (exact) mass is 455 g/mol. The molecule has 2 aliphatic heterocycles. The zero-order valence-corrected chi connectivity index (χ0v) is 18.2. The molecule has 11 heteroatoms. The molecule has 0 aliphatic carbocycles. The van der Waals surface area contributed by atoms with Gasteiger partial charge < -0.3 is 4.42 Å². The summed E-state index contributed by atoms with van der Waals surface area (Å²) >= 11 is 2.60. The quantitative estimate of drug-likeness (QED) is 0.296. The number of hydrogen-bond acceptors (Lipinski definition) is 8. The number of aliphatic imine (C=N–C) groups is 1. The normalized spacial score (nSPS) is 17.3. The maximum Gasteiger partial charge on any atom is 0.283 e. The number of nitro groups is 1. The third kappa shape index (κ3) is 4.32. The molecule has 1 amide bonds. The Morgan fingerprint density at radius 2 is 2.16 bits per heavy atom. The number of hydrogen-bond donors (Lipinski definition) is 1. The summed E-state index contributed by atoms with van der Waals surface area (Å²) < 4.78 is 10.1. The van der Waals surface area contributed by atoms with E-state index in [0.717, 1.165) is 17.7 Å². The molecule has 2 aliphatic rings. The van der Waals surface area contributed by atoms with Gasteiger partial charge in [-0.1, -0.05) is 37.7 Å². The smallest absolute Gasteiger partial charge is 0.283 e. The van der Waals surface area contributed by atoms with E-state index in [4.69, 9.17) is 9.83 Å². The van der Waals surface area contributed by atoms with Gasteiger partial charge in [0.1, 0.15) is 17.4 Å². The highest BCUT2D eigenvalue weighted by Gasteiger charge is 2.37. The van der Waals surface area contributed by atoms with Gasteiger partial charge in [-0.3, -0.25) is 20.3 Å². The lowest BCUT2D eigenvalue weighted by molar-refractivity contribution is -0.384. The van der Waals surface area contributed by atoms with Gasteiger partial charge in [0, 0.05) is 23.4 Å². The summed E-state index contributed by atoms with van der Waals surface area (Å²) in [6.45, 7) is 4.19. The number of carbonyl (C=O) groups is 1. The predicted octanol–water partition coefficient (Wildman–Crippen LogP) is 4.82. The van der Waals surface area contributed by atoms with Gasteiger partial charge in [0.15, 0.2) is 5.17 Å². The Bertz CT molecular complexity index is 1180. The number of fused-ring (bicyclic) bond motifs is 1. The second-order valence-corrected chi connectivity index (χ2v) is 8.84. The van der Waals surface area contributed by atoms with Crippen molar-refractivity contribution in [3.8, 4) is 11.3 Å². The molecule has 1 aromatic heterocycles. The van der Waals surface area contributed by atoms with E-state index in [9.17, 15) is 14.9 Å². The first-order valence-electron chi connectivity index (χ1n) is 9.29. The highest BCUT2D eigenvalue weighted by atomic mass is 32.2. The molecule has 0 unspecified atom stereocenters. The van der Waals surface area contributed by atoms with Crippen LogP contribution in [0.25, 0.3) is 17.4 Å². The molecule has 158 valence electrons. The van der Waals surface area contributed by atoms with E-state index in [-0.39, 0.29) is 17.1 Å². The fourth-order valence-electron chi connectivity index (χ4n) is 2.84. The molecule has 0 saturated carbocycles. The van der Waals surface area contributed by atoms with Crippen molar-refractivity contribution in [1.82, 2.24) is 4.90 Å². The molecule has 31 heavy (non-hydrogen) atoms. The lowest BCUT2D eigenvalue weighted by Gasteiger charge is -2.24. The number of benzene rings is 1. The van der Waals surface area contributed by atoms with Crippen LogP contribution in [0.4, 0.5) is 5.69 Å². The Morgan fingerprint density at radius 1 is 1.35 bits per heavy atom. The number of thioether (sulfide) groups is 1. The number of furan rings is 1. The number of nitro benzene ring substituents is 1. The van der Waals surface area contributed by atoms with Crippen molar-refractivity contribution in [2.24, 2.45) is 15.3 Å². The first-order chi connectivity index (χ1) is 14.8. The third-order valence-electron chi connectivity index (χ3n) is 4.29. The Morgan fingerprint density at radius 3 is 2.90 bits per heavy atom. The summed E-state index contributed by atoms with van der Waals surface area (Å²) in [6, 6.07) is 9.39. The van der Waals surface area contributed by atoms with Crippen LogP contribution in [0, 0.1) is 21.4 Å². The van der Waals surface area contributed by atoms with Crippen LogP contribution >= 0.6 is 23.7 Å². The van der Waals surface area contributed by atoms with Gasteiger partial charge in [-0.05, 0) is 24.1 Å². The van der Waals surface area contributed by atoms with Gasteiger partial charge in [0.05, 0.1) is 22.4 Å². The Balaban J connectivity index is 1.60. The van der Waals surface area contributed by atoms with E-state index in [0.29, 0.717) is 33.3 Å². The number of amidine groups is 3. The Labute approximate surface area is 186 Å². The molecule has 2 aromatic rings. The summed E-state index contributed by atoms with van der Waals surface area (Å²) in [5, 5.41) is 20.5. The molecule has 0 bridgehead atoms. The molecule has 0 spiro atoms. The molecule has 4 rings (SSSR count). The van der Waals surface area contributed by atoms with Crippen molar-refractivity contribution >= 4 is 57.6 Å². The van der Waals surface area contributed by atoms with Gasteiger partial charge in [-0.25, -0.2) is 4.90 Å². The predicted molar refractivity (Wildman–Crippen MR) is 123 cm³/mol. The van der Waals surface area contributed by atoms with Crippen LogP contribution in [0.15, 0.2) is 55.8 Å². The van der Waals surface area contributed by atoms with E-state index in [1.54, 1.807) is 29.2 Å². The van der Waals surface area contributed by atoms with Gasteiger partial charge in [0.2, 0.25) is 5.17 Å². The average molecular weight is 456 g/mol. The second-order valence-electron chi connectivity index (χ2n) is 7.12. The summed E-state index contributed by atoms with van der Waals surface area (Å²) in [4.78, 5) is 28.7. The highest BCUT2D eigenvalue weighted by Crippen LogP contribution is 2.33. The minimum atomic E-state index is -0.539. The summed E-state index contributed by atoms with van der Waals surface area (Å²) in [7, 11) is 0. The van der Waals surface area contributed by atoms with E-state index in [1.807, 2.05) is 0 Å². The largest absolute Gasteiger partial charge is 0.457 e. The Kier molecular flexibility index (Phi) is 5.79. The van der Waals surface area contributed by atoms with Crippen LogP contribution < -0.4 is 0 Å². The lowest BCUT2D eigenvalue weighted by Crippen LogP contribution is -2.41. The average Bonchev–Trinajstić information content (AvgIpc) is 3.36. The van der Waals surface area contributed by atoms with Crippen LogP contribution in [-0.4, -0.2) is 37.7 Å². The fraction of sp³-hybridized carbons (Fsp3) is 0.200. The van der Waals surface area contributed by atoms with Crippen LogP contribution in [0.2, 0.25) is 0 Å². The molecule has 3 heterocycles. The molecular formula is C20H17N5O4S2. The molecule has 1 aromatic carbocycles. The van der Waals surface area contributed by atoms with Crippen LogP contribution in [0.3, 0.4) is 0 Å². The van der Waals surface area contributed by atoms with Crippen molar-refractivity contribution in [1.29, 1.82) is 5.41 Å². The third-order valence-corrected chi connectivity index (χ3v) is 6.48. The van der Waals surface area contributed by atoms with Gasteiger partial charge in [-0.15, -0.1) is 0 Å². The number of carbonyl (C=O) groups excluding carboxylic acids is 1. The SMILES string of the molecule is CC(C)CSC1=NSC2=NC(=O)/C(=C\c3ccc(-c4cccc([N+](=O)[O-])c4)o3)C(=N)N12. The van der Waals surface area contributed by atoms with Crippen molar-refractivity contribution in [3.63, 3.8) is 0 Å². The van der Waals surface area contributed by atoms with Crippen molar-refractivity contribution in [2.75, 3.05) is 5.75 Å². The lowest BCUT2D eigenvalue weighted by atomic mass is 10.1. The number of amides is 1. The van der Waals surface area contributed by atoms with Crippen LogP contribution in [0.1, 0.15) is 19.6 Å². The van der Waals surface area contributed by atoms with E-state index < -0.39 is 10.8 Å². The van der Waals surface area contributed by atoms with Gasteiger partial charge in [0.25, 0.3) is 11.6 Å².